The first-order valence-corrected chi connectivity index (χ1v) is 8.56. The van der Waals surface area contributed by atoms with Gasteiger partial charge in [0.1, 0.15) is 0 Å². The maximum absolute atomic E-state index is 6.35. The van der Waals surface area contributed by atoms with E-state index in [-0.39, 0.29) is 0 Å². The van der Waals surface area contributed by atoms with E-state index in [0.717, 1.165) is 17.4 Å². The van der Waals surface area contributed by atoms with Gasteiger partial charge in [-0.1, -0.05) is 56.0 Å². The van der Waals surface area contributed by atoms with Crippen LogP contribution in [0.25, 0.3) is 0 Å². The molecule has 1 aliphatic rings. The van der Waals surface area contributed by atoms with Gasteiger partial charge in [0.25, 0.3) is 0 Å². The normalized spacial score (nSPS) is 25.2. The van der Waals surface area contributed by atoms with E-state index in [2.05, 4.69) is 25.2 Å². The Kier molecular flexibility index (Phi) is 6.20. The maximum Gasteiger partial charge on any atom is 0.0468 e. The zero-order chi connectivity index (χ0) is 14.5. The smallest absolute Gasteiger partial charge is 0.0468 e. The number of rotatable bonds is 4. The molecule has 0 aliphatic heterocycles. The summed E-state index contributed by atoms with van der Waals surface area (Å²) in [6.07, 6.45) is 7.66. The predicted molar refractivity (Wildman–Crippen MR) is 88.7 cm³/mol. The summed E-state index contributed by atoms with van der Waals surface area (Å²) in [5, 5.41) is 5.30. The molecule has 20 heavy (non-hydrogen) atoms. The Bertz CT molecular complexity index is 433. The van der Waals surface area contributed by atoms with Gasteiger partial charge in [0.15, 0.2) is 0 Å². The van der Waals surface area contributed by atoms with Crippen LogP contribution in [0.1, 0.15) is 64.0 Å². The molecule has 0 radical (unpaired) electrons. The molecule has 1 N–H and O–H groups in total. The molecular formula is C17H25Cl2N. The number of hydrogen-bond donors (Lipinski definition) is 1. The van der Waals surface area contributed by atoms with Crippen molar-refractivity contribution < 1.29 is 0 Å². The summed E-state index contributed by atoms with van der Waals surface area (Å²) in [5.74, 6) is 0.876. The summed E-state index contributed by atoms with van der Waals surface area (Å²) >= 11 is 12.3. The molecular weight excluding hydrogens is 289 g/mol. The van der Waals surface area contributed by atoms with Crippen LogP contribution >= 0.6 is 23.2 Å². The SMILES string of the molecule is CCC(NC1CCCC(C)CC1)c1ccc(Cl)cc1Cl. The summed E-state index contributed by atoms with van der Waals surface area (Å²) in [4.78, 5) is 0. The average Bonchev–Trinajstić information content (AvgIpc) is 2.61. The fraction of sp³-hybridized carbons (Fsp3) is 0.647. The Morgan fingerprint density at radius 2 is 2.00 bits per heavy atom. The lowest BCUT2D eigenvalue weighted by molar-refractivity contribution is 0.387. The number of halogens is 2. The number of hydrogen-bond acceptors (Lipinski definition) is 1. The van der Waals surface area contributed by atoms with Crippen molar-refractivity contribution in [2.24, 2.45) is 5.92 Å². The predicted octanol–water partition coefficient (Wildman–Crippen LogP) is 6.00. The van der Waals surface area contributed by atoms with Crippen LogP contribution in [0.2, 0.25) is 10.0 Å². The first-order valence-electron chi connectivity index (χ1n) is 7.81. The van der Waals surface area contributed by atoms with Crippen LogP contribution in [0.5, 0.6) is 0 Å². The van der Waals surface area contributed by atoms with E-state index in [4.69, 9.17) is 23.2 Å². The summed E-state index contributed by atoms with van der Waals surface area (Å²) in [6, 6.07) is 6.79. The Labute approximate surface area is 133 Å². The molecule has 0 aromatic heterocycles. The molecule has 0 spiro atoms. The molecule has 1 aromatic rings. The molecule has 1 aliphatic carbocycles. The molecule has 0 saturated heterocycles. The van der Waals surface area contributed by atoms with Gasteiger partial charge >= 0.3 is 0 Å². The fourth-order valence-electron chi connectivity index (χ4n) is 3.15. The number of benzene rings is 1. The highest BCUT2D eigenvalue weighted by atomic mass is 35.5. The lowest BCUT2D eigenvalue weighted by Crippen LogP contribution is -2.32. The zero-order valence-corrected chi connectivity index (χ0v) is 14.0. The van der Waals surface area contributed by atoms with Crippen LogP contribution in [0.15, 0.2) is 18.2 Å². The third kappa shape index (κ3) is 4.38. The fourth-order valence-corrected chi connectivity index (χ4v) is 3.69. The third-order valence-corrected chi connectivity index (χ3v) is 5.00. The molecule has 1 nitrogen and oxygen atoms in total. The highest BCUT2D eigenvalue weighted by molar-refractivity contribution is 6.35. The molecule has 1 aromatic carbocycles. The summed E-state index contributed by atoms with van der Waals surface area (Å²) in [6.45, 7) is 4.58. The quantitative estimate of drug-likeness (QED) is 0.672. The summed E-state index contributed by atoms with van der Waals surface area (Å²) < 4.78 is 0. The van der Waals surface area contributed by atoms with Crippen molar-refractivity contribution in [1.29, 1.82) is 0 Å². The van der Waals surface area contributed by atoms with E-state index in [0.29, 0.717) is 17.1 Å². The first kappa shape index (κ1) is 16.1. The van der Waals surface area contributed by atoms with Gasteiger partial charge in [-0.05, 0) is 49.3 Å². The van der Waals surface area contributed by atoms with Gasteiger partial charge in [-0.3, -0.25) is 0 Å². The van der Waals surface area contributed by atoms with E-state index in [1.807, 2.05) is 12.1 Å². The van der Waals surface area contributed by atoms with Crippen LogP contribution in [0.4, 0.5) is 0 Å². The third-order valence-electron chi connectivity index (χ3n) is 4.44. The van der Waals surface area contributed by atoms with E-state index < -0.39 is 0 Å². The van der Waals surface area contributed by atoms with Gasteiger partial charge in [-0.2, -0.15) is 0 Å². The first-order chi connectivity index (χ1) is 9.60. The van der Waals surface area contributed by atoms with Gasteiger partial charge in [-0.25, -0.2) is 0 Å². The lowest BCUT2D eigenvalue weighted by atomic mass is 10.0. The van der Waals surface area contributed by atoms with E-state index in [9.17, 15) is 0 Å². The second-order valence-corrected chi connectivity index (χ2v) is 6.95. The van der Waals surface area contributed by atoms with Gasteiger partial charge < -0.3 is 5.32 Å². The average molecular weight is 314 g/mol. The minimum absolute atomic E-state index is 0.332. The van der Waals surface area contributed by atoms with Crippen molar-refractivity contribution in [1.82, 2.24) is 5.32 Å². The lowest BCUT2D eigenvalue weighted by Gasteiger charge is -2.25. The van der Waals surface area contributed by atoms with Crippen molar-refractivity contribution in [3.05, 3.63) is 33.8 Å². The molecule has 0 bridgehead atoms. The standard InChI is InChI=1S/C17H25Cl2N/c1-3-17(15-10-8-13(18)11-16(15)19)20-14-6-4-5-12(2)7-9-14/h8,10-12,14,17,20H,3-7,9H2,1-2H3. The molecule has 3 heteroatoms. The summed E-state index contributed by atoms with van der Waals surface area (Å²) in [7, 11) is 0. The topological polar surface area (TPSA) is 12.0 Å². The second-order valence-electron chi connectivity index (χ2n) is 6.10. The monoisotopic (exact) mass is 313 g/mol. The van der Waals surface area contributed by atoms with Crippen molar-refractivity contribution in [2.75, 3.05) is 0 Å². The maximum atomic E-state index is 6.35. The van der Waals surface area contributed by atoms with Crippen LogP contribution in [0.3, 0.4) is 0 Å². The van der Waals surface area contributed by atoms with Crippen LogP contribution < -0.4 is 5.32 Å². The molecule has 3 atom stereocenters. The largest absolute Gasteiger partial charge is 0.307 e. The molecule has 1 fully saturated rings. The van der Waals surface area contributed by atoms with E-state index in [1.54, 1.807) is 0 Å². The van der Waals surface area contributed by atoms with Gasteiger partial charge in [0.2, 0.25) is 0 Å². The molecule has 3 unspecified atom stereocenters. The van der Waals surface area contributed by atoms with Crippen molar-refractivity contribution in [3.63, 3.8) is 0 Å². The van der Waals surface area contributed by atoms with Crippen LogP contribution in [-0.4, -0.2) is 6.04 Å². The van der Waals surface area contributed by atoms with E-state index >= 15 is 0 Å². The Morgan fingerprint density at radius 3 is 2.70 bits per heavy atom. The Morgan fingerprint density at radius 1 is 1.20 bits per heavy atom. The van der Waals surface area contributed by atoms with E-state index in [1.165, 1.54) is 37.7 Å². The van der Waals surface area contributed by atoms with Crippen molar-refractivity contribution in [3.8, 4) is 0 Å². The Hall–Kier alpha value is -0.240. The zero-order valence-electron chi connectivity index (χ0n) is 12.5. The molecule has 112 valence electrons. The molecule has 1 saturated carbocycles. The van der Waals surface area contributed by atoms with Crippen molar-refractivity contribution >= 4 is 23.2 Å². The minimum atomic E-state index is 0.332. The van der Waals surface area contributed by atoms with Crippen molar-refractivity contribution in [2.45, 2.75) is 64.5 Å². The van der Waals surface area contributed by atoms with Gasteiger partial charge in [0, 0.05) is 22.1 Å². The molecule has 2 rings (SSSR count). The van der Waals surface area contributed by atoms with Gasteiger partial charge in [-0.15, -0.1) is 0 Å². The summed E-state index contributed by atoms with van der Waals surface area (Å²) in [5.41, 5.74) is 1.18. The molecule has 0 heterocycles. The van der Waals surface area contributed by atoms with Crippen LogP contribution in [-0.2, 0) is 0 Å². The van der Waals surface area contributed by atoms with Crippen LogP contribution in [0, 0.1) is 5.92 Å². The molecule has 0 amide bonds. The number of nitrogens with one attached hydrogen (secondary N) is 1. The Balaban J connectivity index is 2.04. The second kappa shape index (κ2) is 7.68. The van der Waals surface area contributed by atoms with Gasteiger partial charge in [0.05, 0.1) is 0 Å². The highest BCUT2D eigenvalue weighted by Crippen LogP contribution is 2.30. The minimum Gasteiger partial charge on any atom is -0.307 e. The highest BCUT2D eigenvalue weighted by Gasteiger charge is 2.20.